The molecule has 0 amide bonds. The van der Waals surface area contributed by atoms with Crippen LogP contribution in [-0.4, -0.2) is 5.11 Å². The van der Waals surface area contributed by atoms with Gasteiger partial charge in [-0.25, -0.2) is 0 Å². The first-order valence-electron chi connectivity index (χ1n) is 6.70. The van der Waals surface area contributed by atoms with E-state index in [1.807, 2.05) is 56.3 Å². The molecule has 0 saturated carbocycles. The van der Waals surface area contributed by atoms with E-state index in [0.717, 1.165) is 23.3 Å². The molecule has 0 aliphatic carbocycles. The van der Waals surface area contributed by atoms with Crippen LogP contribution in [-0.2, 0) is 0 Å². The first kappa shape index (κ1) is 13.6. The Morgan fingerprint density at radius 2 is 1.58 bits per heavy atom. The van der Waals surface area contributed by atoms with Crippen LogP contribution in [0.15, 0.2) is 54.6 Å². The number of aliphatic hydroxyl groups excluding tert-OH is 1. The molecule has 0 aliphatic heterocycles. The maximum atomic E-state index is 9.74. The zero-order valence-electron chi connectivity index (χ0n) is 11.4. The van der Waals surface area contributed by atoms with Crippen molar-refractivity contribution in [3.05, 3.63) is 65.7 Å². The second kappa shape index (κ2) is 6.39. The molecule has 2 heteroatoms. The number of hydrogen-bond donors (Lipinski definition) is 1. The van der Waals surface area contributed by atoms with E-state index in [9.17, 15) is 5.11 Å². The summed E-state index contributed by atoms with van der Waals surface area (Å²) in [5.41, 5.74) is 2.09. The quantitative estimate of drug-likeness (QED) is 0.865. The van der Waals surface area contributed by atoms with Gasteiger partial charge in [0, 0.05) is 0 Å². The molecule has 0 saturated heterocycles. The summed E-state index contributed by atoms with van der Waals surface area (Å²) in [6.45, 7) is 4.00. The first-order chi connectivity index (χ1) is 9.20. The van der Waals surface area contributed by atoms with Gasteiger partial charge in [0.25, 0.3) is 0 Å². The van der Waals surface area contributed by atoms with Gasteiger partial charge in [-0.1, -0.05) is 49.4 Å². The van der Waals surface area contributed by atoms with Crippen molar-refractivity contribution in [1.29, 1.82) is 0 Å². The fourth-order valence-electron chi connectivity index (χ4n) is 2.00. The molecular formula is C17H20O2. The van der Waals surface area contributed by atoms with Gasteiger partial charge in [-0.2, -0.15) is 0 Å². The number of aliphatic hydroxyl groups is 1. The molecule has 0 aliphatic rings. The standard InChI is InChI=1S/C17H20O2/c1-3-17(18)15-9-11-16(12-10-15)19-13(2)14-7-5-4-6-8-14/h4-13,17-18H,3H2,1-2H3/t13?,17-/m1/s1. The van der Waals surface area contributed by atoms with Gasteiger partial charge in [-0.3, -0.25) is 0 Å². The maximum absolute atomic E-state index is 9.74. The van der Waals surface area contributed by atoms with Crippen molar-refractivity contribution in [3.8, 4) is 5.75 Å². The Bertz CT molecular complexity index is 490. The van der Waals surface area contributed by atoms with E-state index in [4.69, 9.17) is 4.74 Å². The van der Waals surface area contributed by atoms with Crippen LogP contribution in [0.5, 0.6) is 5.75 Å². The van der Waals surface area contributed by atoms with Crippen LogP contribution in [0.4, 0.5) is 0 Å². The molecule has 0 bridgehead atoms. The Morgan fingerprint density at radius 1 is 0.947 bits per heavy atom. The van der Waals surface area contributed by atoms with Gasteiger partial charge in [0.2, 0.25) is 0 Å². The van der Waals surface area contributed by atoms with Crippen LogP contribution in [0.25, 0.3) is 0 Å². The summed E-state index contributed by atoms with van der Waals surface area (Å²) in [4.78, 5) is 0. The highest BCUT2D eigenvalue weighted by molar-refractivity contribution is 5.29. The lowest BCUT2D eigenvalue weighted by Crippen LogP contribution is -2.03. The van der Waals surface area contributed by atoms with Gasteiger partial charge in [0.1, 0.15) is 11.9 Å². The average Bonchev–Trinajstić information content (AvgIpc) is 2.48. The zero-order chi connectivity index (χ0) is 13.7. The average molecular weight is 256 g/mol. The van der Waals surface area contributed by atoms with E-state index in [0.29, 0.717) is 0 Å². The topological polar surface area (TPSA) is 29.5 Å². The van der Waals surface area contributed by atoms with Gasteiger partial charge >= 0.3 is 0 Å². The van der Waals surface area contributed by atoms with Crippen LogP contribution in [0.2, 0.25) is 0 Å². The molecule has 1 unspecified atom stereocenters. The van der Waals surface area contributed by atoms with Gasteiger partial charge in [-0.15, -0.1) is 0 Å². The summed E-state index contributed by atoms with van der Waals surface area (Å²) in [6.07, 6.45) is 0.351. The summed E-state index contributed by atoms with van der Waals surface area (Å²) in [5.74, 6) is 0.823. The minimum Gasteiger partial charge on any atom is -0.486 e. The molecular weight excluding hydrogens is 236 g/mol. The summed E-state index contributed by atoms with van der Waals surface area (Å²) in [7, 11) is 0. The first-order valence-corrected chi connectivity index (χ1v) is 6.70. The fourth-order valence-corrected chi connectivity index (χ4v) is 2.00. The van der Waals surface area contributed by atoms with Crippen LogP contribution < -0.4 is 4.74 Å². The summed E-state index contributed by atoms with van der Waals surface area (Å²) >= 11 is 0. The van der Waals surface area contributed by atoms with E-state index >= 15 is 0 Å². The van der Waals surface area contributed by atoms with Crippen molar-refractivity contribution in [3.63, 3.8) is 0 Å². The Kier molecular flexibility index (Phi) is 4.58. The van der Waals surface area contributed by atoms with Crippen molar-refractivity contribution in [2.75, 3.05) is 0 Å². The SMILES string of the molecule is CC[C@@H](O)c1ccc(OC(C)c2ccccc2)cc1. The molecule has 2 nitrogen and oxygen atoms in total. The lowest BCUT2D eigenvalue weighted by Gasteiger charge is -2.16. The molecule has 2 rings (SSSR count). The molecule has 0 aromatic heterocycles. The second-order valence-electron chi connectivity index (χ2n) is 4.66. The van der Waals surface area contributed by atoms with Gasteiger partial charge in [-0.05, 0) is 36.6 Å². The molecule has 2 aromatic carbocycles. The highest BCUT2D eigenvalue weighted by atomic mass is 16.5. The third kappa shape index (κ3) is 3.58. The van der Waals surface area contributed by atoms with Crippen molar-refractivity contribution in [1.82, 2.24) is 0 Å². The Hall–Kier alpha value is -1.80. The molecule has 0 heterocycles. The molecule has 2 aromatic rings. The van der Waals surface area contributed by atoms with E-state index in [1.165, 1.54) is 0 Å². The van der Waals surface area contributed by atoms with Gasteiger partial charge in [0.15, 0.2) is 0 Å². The van der Waals surface area contributed by atoms with Gasteiger partial charge < -0.3 is 9.84 Å². The van der Waals surface area contributed by atoms with Crippen molar-refractivity contribution in [2.24, 2.45) is 0 Å². The Balaban J connectivity index is 2.04. The van der Waals surface area contributed by atoms with Crippen molar-refractivity contribution >= 4 is 0 Å². The summed E-state index contributed by atoms with van der Waals surface area (Å²) < 4.78 is 5.89. The van der Waals surface area contributed by atoms with Crippen LogP contribution >= 0.6 is 0 Å². The molecule has 0 radical (unpaired) electrons. The van der Waals surface area contributed by atoms with E-state index in [1.54, 1.807) is 0 Å². The largest absolute Gasteiger partial charge is 0.486 e. The molecule has 2 atom stereocenters. The summed E-state index contributed by atoms with van der Waals surface area (Å²) in [5, 5.41) is 9.74. The lowest BCUT2D eigenvalue weighted by molar-refractivity contribution is 0.173. The number of rotatable bonds is 5. The predicted octanol–water partition coefficient (Wildman–Crippen LogP) is 4.27. The van der Waals surface area contributed by atoms with E-state index < -0.39 is 0 Å². The van der Waals surface area contributed by atoms with Crippen LogP contribution in [0, 0.1) is 0 Å². The molecule has 1 N–H and O–H groups in total. The van der Waals surface area contributed by atoms with Crippen LogP contribution in [0.1, 0.15) is 43.6 Å². The molecule has 0 fully saturated rings. The Morgan fingerprint density at radius 3 is 2.16 bits per heavy atom. The van der Waals surface area contributed by atoms with Gasteiger partial charge in [0.05, 0.1) is 6.10 Å². The highest BCUT2D eigenvalue weighted by Crippen LogP contribution is 2.24. The number of hydrogen-bond acceptors (Lipinski definition) is 2. The molecule has 100 valence electrons. The smallest absolute Gasteiger partial charge is 0.121 e. The fraction of sp³-hybridized carbons (Fsp3) is 0.294. The van der Waals surface area contributed by atoms with E-state index in [2.05, 4.69) is 12.1 Å². The Labute approximate surface area is 114 Å². The van der Waals surface area contributed by atoms with E-state index in [-0.39, 0.29) is 12.2 Å². The van der Waals surface area contributed by atoms with Crippen molar-refractivity contribution in [2.45, 2.75) is 32.5 Å². The third-order valence-electron chi connectivity index (χ3n) is 3.23. The minimum atomic E-state index is -0.388. The molecule has 0 spiro atoms. The lowest BCUT2D eigenvalue weighted by atomic mass is 10.1. The number of benzene rings is 2. The maximum Gasteiger partial charge on any atom is 0.121 e. The monoisotopic (exact) mass is 256 g/mol. The normalized spacial score (nSPS) is 13.8. The predicted molar refractivity (Wildman–Crippen MR) is 77.2 cm³/mol. The molecule has 19 heavy (non-hydrogen) atoms. The second-order valence-corrected chi connectivity index (χ2v) is 4.66. The highest BCUT2D eigenvalue weighted by Gasteiger charge is 2.08. The third-order valence-corrected chi connectivity index (χ3v) is 3.23. The summed E-state index contributed by atoms with van der Waals surface area (Å²) in [6, 6.07) is 17.8. The zero-order valence-corrected chi connectivity index (χ0v) is 11.4. The minimum absolute atomic E-state index is 0.0168. The number of ether oxygens (including phenoxy) is 1. The van der Waals surface area contributed by atoms with Crippen molar-refractivity contribution < 1.29 is 9.84 Å². The van der Waals surface area contributed by atoms with Crippen LogP contribution in [0.3, 0.4) is 0 Å².